The summed E-state index contributed by atoms with van der Waals surface area (Å²) in [6.07, 6.45) is 0. The first-order valence-electron chi connectivity index (χ1n) is 16.9. The lowest BCUT2D eigenvalue weighted by Crippen LogP contribution is -2.11. The van der Waals surface area contributed by atoms with E-state index < -0.39 is 0 Å². The lowest BCUT2D eigenvalue weighted by atomic mass is 10.0. The van der Waals surface area contributed by atoms with E-state index in [9.17, 15) is 0 Å². The lowest BCUT2D eigenvalue weighted by molar-refractivity contribution is 0.668. The van der Waals surface area contributed by atoms with Gasteiger partial charge in [0.25, 0.3) is 0 Å². The molecule has 0 aliphatic carbocycles. The first-order valence-corrected chi connectivity index (χ1v) is 16.9. The van der Waals surface area contributed by atoms with Gasteiger partial charge < -0.3 is 18.3 Å². The zero-order valence-electron chi connectivity index (χ0n) is 26.9. The van der Waals surface area contributed by atoms with Crippen molar-refractivity contribution in [1.82, 2.24) is 4.57 Å². The zero-order chi connectivity index (χ0) is 32.8. The molecule has 0 atom stereocenters. The predicted octanol–water partition coefficient (Wildman–Crippen LogP) is 13.2. The van der Waals surface area contributed by atoms with Gasteiger partial charge in [-0.2, -0.15) is 0 Å². The molecule has 0 amide bonds. The van der Waals surface area contributed by atoms with Gasteiger partial charge >= 0.3 is 0 Å². The second-order valence-corrected chi connectivity index (χ2v) is 12.9. The average molecular weight is 641 g/mol. The third kappa shape index (κ3) is 3.87. The highest BCUT2D eigenvalue weighted by Gasteiger charge is 2.24. The van der Waals surface area contributed by atoms with Gasteiger partial charge in [0.05, 0.1) is 27.8 Å². The Balaban J connectivity index is 1.27. The van der Waals surface area contributed by atoms with Crippen molar-refractivity contribution in [3.8, 4) is 5.69 Å². The van der Waals surface area contributed by atoms with E-state index in [1.807, 2.05) is 24.3 Å². The van der Waals surface area contributed by atoms with Gasteiger partial charge in [0.15, 0.2) is 5.58 Å². The minimum atomic E-state index is 0.841. The van der Waals surface area contributed by atoms with E-state index in [0.717, 1.165) is 72.1 Å². The minimum absolute atomic E-state index is 0.841. The Bertz CT molecular complexity index is 3110. The molecule has 50 heavy (non-hydrogen) atoms. The van der Waals surface area contributed by atoms with Crippen LogP contribution in [0.25, 0.3) is 82.1 Å². The first-order chi connectivity index (χ1) is 24.8. The van der Waals surface area contributed by atoms with Crippen LogP contribution in [0.3, 0.4) is 0 Å². The fourth-order valence-corrected chi connectivity index (χ4v) is 7.94. The number of fused-ring (bicyclic) bond motifs is 10. The van der Waals surface area contributed by atoms with Crippen LogP contribution in [-0.4, -0.2) is 4.57 Å². The van der Waals surface area contributed by atoms with Crippen LogP contribution >= 0.6 is 0 Å². The van der Waals surface area contributed by atoms with Crippen LogP contribution in [0.5, 0.6) is 0 Å². The third-order valence-corrected chi connectivity index (χ3v) is 10.1. The molecule has 0 spiro atoms. The largest absolute Gasteiger partial charge is 0.456 e. The fourth-order valence-electron chi connectivity index (χ4n) is 7.94. The minimum Gasteiger partial charge on any atom is -0.456 e. The Morgan fingerprint density at radius 2 is 1.04 bits per heavy atom. The monoisotopic (exact) mass is 640 g/mol. The van der Waals surface area contributed by atoms with Crippen molar-refractivity contribution >= 4 is 93.5 Å². The van der Waals surface area contributed by atoms with Crippen LogP contribution in [0.4, 0.5) is 17.1 Å². The van der Waals surface area contributed by atoms with Crippen molar-refractivity contribution in [1.29, 1.82) is 0 Å². The molecule has 0 aliphatic rings. The molecular weight excluding hydrogens is 613 g/mol. The van der Waals surface area contributed by atoms with Crippen molar-refractivity contribution < 1.29 is 8.83 Å². The second-order valence-electron chi connectivity index (χ2n) is 12.9. The number of aromatic nitrogens is 1. The fraction of sp³-hybridized carbons (Fsp3) is 0. The molecule has 0 saturated carbocycles. The molecule has 3 aromatic heterocycles. The lowest BCUT2D eigenvalue weighted by Gasteiger charge is -2.26. The average Bonchev–Trinajstić information content (AvgIpc) is 3.84. The molecule has 4 nitrogen and oxygen atoms in total. The summed E-state index contributed by atoms with van der Waals surface area (Å²) in [4.78, 5) is 2.35. The Kier molecular flexibility index (Phi) is 5.63. The number of nitrogens with zero attached hydrogens (tertiary/aromatic N) is 2. The number of benzene rings is 8. The smallest absolute Gasteiger partial charge is 0.159 e. The number of para-hydroxylation sites is 4. The summed E-state index contributed by atoms with van der Waals surface area (Å²) in [5.74, 6) is 0. The highest BCUT2D eigenvalue weighted by Crippen LogP contribution is 2.47. The van der Waals surface area contributed by atoms with E-state index in [1.165, 1.54) is 27.1 Å². The summed E-state index contributed by atoms with van der Waals surface area (Å²) in [7, 11) is 0. The molecule has 11 rings (SSSR count). The first kappa shape index (κ1) is 27.2. The predicted molar refractivity (Wildman–Crippen MR) is 208 cm³/mol. The highest BCUT2D eigenvalue weighted by molar-refractivity contribution is 6.18. The standard InChI is InChI=1S/C46H28N2O2/c1-2-14-31(15-3-1)47-40-27-30-13-5-4-12-29(30)26-37(40)33-25-24-32(28-41(33)47)48(38-19-11-23-44-45(38)36-17-7-9-22-43(36)49-44)39-20-10-18-35-34-16-6-8-21-42(34)50-46(35)39/h1-28H. The maximum absolute atomic E-state index is 6.69. The van der Waals surface area contributed by atoms with E-state index in [2.05, 4.69) is 155 Å². The summed E-state index contributed by atoms with van der Waals surface area (Å²) in [6.45, 7) is 0. The topological polar surface area (TPSA) is 34.5 Å². The number of furan rings is 2. The Hall–Kier alpha value is -6.78. The summed E-state index contributed by atoms with van der Waals surface area (Å²) in [5.41, 5.74) is 9.85. The van der Waals surface area contributed by atoms with Crippen LogP contribution in [0.1, 0.15) is 0 Å². The normalized spacial score (nSPS) is 12.0. The van der Waals surface area contributed by atoms with Gasteiger partial charge in [0.2, 0.25) is 0 Å². The molecule has 234 valence electrons. The number of hydrogen-bond donors (Lipinski definition) is 0. The van der Waals surface area contributed by atoms with E-state index in [-0.39, 0.29) is 0 Å². The summed E-state index contributed by atoms with van der Waals surface area (Å²) >= 11 is 0. The van der Waals surface area contributed by atoms with Crippen LogP contribution in [-0.2, 0) is 0 Å². The van der Waals surface area contributed by atoms with Crippen LogP contribution in [0, 0.1) is 0 Å². The number of hydrogen-bond acceptors (Lipinski definition) is 3. The van der Waals surface area contributed by atoms with Gasteiger partial charge in [0, 0.05) is 38.3 Å². The molecule has 8 aromatic carbocycles. The van der Waals surface area contributed by atoms with Crippen molar-refractivity contribution in [3.05, 3.63) is 170 Å². The van der Waals surface area contributed by atoms with Crippen molar-refractivity contribution in [2.75, 3.05) is 4.90 Å². The molecule has 0 saturated heterocycles. The molecule has 0 unspecified atom stereocenters. The summed E-state index contributed by atoms with van der Waals surface area (Å²) in [5, 5.41) is 9.19. The van der Waals surface area contributed by atoms with E-state index in [1.54, 1.807) is 0 Å². The summed E-state index contributed by atoms with van der Waals surface area (Å²) in [6, 6.07) is 60.1. The molecule has 0 radical (unpaired) electrons. The molecule has 11 aromatic rings. The van der Waals surface area contributed by atoms with Crippen molar-refractivity contribution in [2.24, 2.45) is 0 Å². The van der Waals surface area contributed by atoms with Gasteiger partial charge in [-0.05, 0) is 77.5 Å². The third-order valence-electron chi connectivity index (χ3n) is 10.1. The van der Waals surface area contributed by atoms with Gasteiger partial charge in [0.1, 0.15) is 16.7 Å². The van der Waals surface area contributed by atoms with Gasteiger partial charge in [-0.1, -0.05) is 103 Å². The van der Waals surface area contributed by atoms with Gasteiger partial charge in [-0.25, -0.2) is 0 Å². The molecule has 0 aliphatic heterocycles. The van der Waals surface area contributed by atoms with Gasteiger partial charge in [-0.15, -0.1) is 0 Å². The highest BCUT2D eigenvalue weighted by atomic mass is 16.3. The SMILES string of the molecule is c1ccc(-n2c3cc(N(c4cccc5c4oc4ccccc45)c4cccc5oc6ccccc6c45)ccc3c3cc4ccccc4cc32)cc1. The number of anilines is 3. The Labute approximate surface area is 286 Å². The molecular formula is C46H28N2O2. The maximum atomic E-state index is 6.69. The molecule has 0 bridgehead atoms. The molecule has 0 fully saturated rings. The van der Waals surface area contributed by atoms with Gasteiger partial charge in [-0.3, -0.25) is 0 Å². The van der Waals surface area contributed by atoms with Crippen LogP contribution < -0.4 is 4.90 Å². The van der Waals surface area contributed by atoms with E-state index in [0.29, 0.717) is 0 Å². The Morgan fingerprint density at radius 3 is 1.90 bits per heavy atom. The van der Waals surface area contributed by atoms with E-state index >= 15 is 0 Å². The molecule has 4 heteroatoms. The molecule has 3 heterocycles. The number of rotatable bonds is 4. The zero-order valence-corrected chi connectivity index (χ0v) is 26.9. The quantitative estimate of drug-likeness (QED) is 0.192. The van der Waals surface area contributed by atoms with E-state index in [4.69, 9.17) is 8.83 Å². The van der Waals surface area contributed by atoms with Crippen LogP contribution in [0.15, 0.2) is 179 Å². The van der Waals surface area contributed by atoms with Crippen molar-refractivity contribution in [3.63, 3.8) is 0 Å². The molecule has 0 N–H and O–H groups in total. The Morgan fingerprint density at radius 1 is 0.400 bits per heavy atom. The van der Waals surface area contributed by atoms with Crippen molar-refractivity contribution in [2.45, 2.75) is 0 Å². The van der Waals surface area contributed by atoms with Crippen LogP contribution in [0.2, 0.25) is 0 Å². The maximum Gasteiger partial charge on any atom is 0.159 e. The second kappa shape index (κ2) is 10.4. The summed E-state index contributed by atoms with van der Waals surface area (Å²) < 4.78 is 15.5.